The minimum Gasteiger partial charge on any atom is -0.328 e. The van der Waals surface area contributed by atoms with Gasteiger partial charge < -0.3 is 5.73 Å². The van der Waals surface area contributed by atoms with Crippen molar-refractivity contribution in [3.63, 3.8) is 0 Å². The van der Waals surface area contributed by atoms with Crippen molar-refractivity contribution in [2.24, 2.45) is 5.73 Å². The van der Waals surface area contributed by atoms with Crippen molar-refractivity contribution < 1.29 is 9.31 Å². The van der Waals surface area contributed by atoms with Gasteiger partial charge in [0.05, 0.1) is 4.92 Å². The minimum absolute atomic E-state index is 0.0383. The molecule has 0 amide bonds. The fourth-order valence-corrected chi connectivity index (χ4v) is 1.28. The van der Waals surface area contributed by atoms with Crippen molar-refractivity contribution in [3.8, 4) is 0 Å². The molecule has 1 aromatic carbocycles. The summed E-state index contributed by atoms with van der Waals surface area (Å²) in [6.45, 7) is 1.81. The number of hydrogen-bond acceptors (Lipinski definition) is 3. The molecule has 0 aliphatic rings. The Balaban J connectivity index is 2.89. The summed E-state index contributed by atoms with van der Waals surface area (Å²) < 4.78 is 13.5. The molecule has 0 saturated heterocycles. The molecule has 0 heterocycles. The summed E-state index contributed by atoms with van der Waals surface area (Å²) in [5.41, 5.74) is 5.41. The summed E-state index contributed by atoms with van der Waals surface area (Å²) in [5, 5.41) is 10.5. The van der Waals surface area contributed by atoms with E-state index < -0.39 is 16.4 Å². The summed E-state index contributed by atoms with van der Waals surface area (Å²) in [4.78, 5) is 9.74. The first kappa shape index (κ1) is 11.6. The van der Waals surface area contributed by atoms with Crippen LogP contribution in [0.15, 0.2) is 18.2 Å². The summed E-state index contributed by atoms with van der Waals surface area (Å²) in [7, 11) is 0. The average Bonchev–Trinajstić information content (AvgIpc) is 2.15. The second-order valence-electron chi connectivity index (χ2n) is 3.52. The number of rotatable bonds is 4. The number of nitro benzene ring substituents is 1. The molecule has 0 aliphatic heterocycles. The Morgan fingerprint density at radius 1 is 1.60 bits per heavy atom. The highest BCUT2D eigenvalue weighted by molar-refractivity contribution is 5.36. The van der Waals surface area contributed by atoms with Gasteiger partial charge in [0.15, 0.2) is 0 Å². The van der Waals surface area contributed by atoms with Crippen LogP contribution in [-0.4, -0.2) is 11.0 Å². The highest BCUT2D eigenvalue weighted by Crippen LogP contribution is 2.21. The average molecular weight is 212 g/mol. The predicted octanol–water partition coefficient (Wildman–Crippen LogP) is 2.01. The van der Waals surface area contributed by atoms with E-state index in [-0.39, 0.29) is 6.04 Å². The molecule has 4 nitrogen and oxygen atoms in total. The topological polar surface area (TPSA) is 69.2 Å². The van der Waals surface area contributed by atoms with Gasteiger partial charge in [0.25, 0.3) is 0 Å². The van der Waals surface area contributed by atoms with Gasteiger partial charge in [-0.2, -0.15) is 4.39 Å². The molecule has 0 aromatic heterocycles. The number of hydrogen-bond donors (Lipinski definition) is 1. The maximum Gasteiger partial charge on any atom is 0.305 e. The van der Waals surface area contributed by atoms with Crippen LogP contribution >= 0.6 is 0 Å². The molecule has 0 radical (unpaired) electrons. The van der Waals surface area contributed by atoms with E-state index in [9.17, 15) is 14.5 Å². The van der Waals surface area contributed by atoms with Crippen molar-refractivity contribution in [3.05, 3.63) is 39.7 Å². The Hall–Kier alpha value is -1.49. The molecule has 1 rings (SSSR count). The fraction of sp³-hybridized carbons (Fsp3) is 0.400. The van der Waals surface area contributed by atoms with Gasteiger partial charge >= 0.3 is 5.69 Å². The lowest BCUT2D eigenvalue weighted by atomic mass is 10.1. The van der Waals surface area contributed by atoms with Gasteiger partial charge in [0.1, 0.15) is 0 Å². The molecule has 0 spiro atoms. The minimum atomic E-state index is -0.747. The summed E-state index contributed by atoms with van der Waals surface area (Å²) in [6, 6.07) is 4.15. The van der Waals surface area contributed by atoms with Crippen LogP contribution in [0.4, 0.5) is 10.1 Å². The van der Waals surface area contributed by atoms with E-state index in [1.165, 1.54) is 6.07 Å². The molecule has 0 fully saturated rings. The number of nitrogens with two attached hydrogens (primary N) is 1. The van der Waals surface area contributed by atoms with Gasteiger partial charge in [0, 0.05) is 12.1 Å². The van der Waals surface area contributed by atoms with E-state index in [2.05, 4.69) is 0 Å². The first-order valence-corrected chi connectivity index (χ1v) is 4.69. The van der Waals surface area contributed by atoms with Crippen molar-refractivity contribution in [1.29, 1.82) is 0 Å². The van der Waals surface area contributed by atoms with Crippen LogP contribution < -0.4 is 5.73 Å². The molecule has 2 N–H and O–H groups in total. The molecule has 1 atom stereocenters. The van der Waals surface area contributed by atoms with E-state index in [1.807, 2.05) is 6.92 Å². The Morgan fingerprint density at radius 2 is 2.27 bits per heavy atom. The third-order valence-electron chi connectivity index (χ3n) is 2.12. The van der Waals surface area contributed by atoms with Gasteiger partial charge in [-0.15, -0.1) is 0 Å². The zero-order valence-corrected chi connectivity index (χ0v) is 8.44. The second kappa shape index (κ2) is 4.84. The largest absolute Gasteiger partial charge is 0.328 e. The van der Waals surface area contributed by atoms with Crippen LogP contribution in [0.25, 0.3) is 0 Å². The van der Waals surface area contributed by atoms with E-state index in [0.717, 1.165) is 6.07 Å². The Kier molecular flexibility index (Phi) is 3.74. The smallest absolute Gasteiger partial charge is 0.305 e. The standard InChI is InChI=1S/C10H13FN2O2/c1-7(12)5-6-8-3-2-4-9(10(8)11)13(14)15/h2-4,7H,5-6,12H2,1H3/t7-/m1/s1. The van der Waals surface area contributed by atoms with Crippen molar-refractivity contribution in [2.45, 2.75) is 25.8 Å². The molecule has 15 heavy (non-hydrogen) atoms. The first-order valence-electron chi connectivity index (χ1n) is 4.69. The zero-order chi connectivity index (χ0) is 11.4. The number of benzene rings is 1. The van der Waals surface area contributed by atoms with Crippen LogP contribution in [0.1, 0.15) is 18.9 Å². The molecule has 1 aromatic rings. The van der Waals surface area contributed by atoms with Crippen molar-refractivity contribution in [1.82, 2.24) is 0 Å². The second-order valence-corrected chi connectivity index (χ2v) is 3.52. The third kappa shape index (κ3) is 2.99. The highest BCUT2D eigenvalue weighted by atomic mass is 19.1. The normalized spacial score (nSPS) is 12.5. The maximum atomic E-state index is 13.5. The van der Waals surface area contributed by atoms with Crippen LogP contribution in [0.3, 0.4) is 0 Å². The van der Waals surface area contributed by atoms with Crippen LogP contribution in [0.2, 0.25) is 0 Å². The van der Waals surface area contributed by atoms with E-state index in [1.54, 1.807) is 6.07 Å². The highest BCUT2D eigenvalue weighted by Gasteiger charge is 2.16. The van der Waals surface area contributed by atoms with Crippen LogP contribution in [-0.2, 0) is 6.42 Å². The predicted molar refractivity (Wildman–Crippen MR) is 55.0 cm³/mol. The Labute approximate surface area is 87.0 Å². The molecule has 0 saturated carbocycles. The van der Waals surface area contributed by atoms with Crippen LogP contribution in [0.5, 0.6) is 0 Å². The molecular formula is C10H13FN2O2. The lowest BCUT2D eigenvalue weighted by Crippen LogP contribution is -2.15. The Bertz CT molecular complexity index is 366. The van der Waals surface area contributed by atoms with Crippen LogP contribution in [0, 0.1) is 15.9 Å². The van der Waals surface area contributed by atoms with Gasteiger partial charge in [-0.3, -0.25) is 10.1 Å². The number of nitro groups is 1. The molecule has 5 heteroatoms. The van der Waals surface area contributed by atoms with E-state index >= 15 is 0 Å². The third-order valence-corrected chi connectivity index (χ3v) is 2.12. The lowest BCUT2D eigenvalue weighted by Gasteiger charge is -2.05. The summed E-state index contributed by atoms with van der Waals surface area (Å²) in [6.07, 6.45) is 1.03. The number of nitrogens with zero attached hydrogens (tertiary/aromatic N) is 1. The number of aryl methyl sites for hydroxylation is 1. The van der Waals surface area contributed by atoms with Gasteiger partial charge in [-0.25, -0.2) is 0 Å². The summed E-state index contributed by atoms with van der Waals surface area (Å²) >= 11 is 0. The molecule has 0 aliphatic carbocycles. The first-order chi connectivity index (χ1) is 7.02. The monoisotopic (exact) mass is 212 g/mol. The molecule has 0 unspecified atom stereocenters. The fourth-order valence-electron chi connectivity index (χ4n) is 1.28. The SMILES string of the molecule is C[C@@H](N)CCc1cccc([N+](=O)[O-])c1F. The van der Waals surface area contributed by atoms with Gasteiger partial charge in [-0.1, -0.05) is 12.1 Å². The van der Waals surface area contributed by atoms with E-state index in [4.69, 9.17) is 5.73 Å². The lowest BCUT2D eigenvalue weighted by molar-refractivity contribution is -0.387. The quantitative estimate of drug-likeness (QED) is 0.613. The number of halogens is 1. The molecule has 0 bridgehead atoms. The van der Waals surface area contributed by atoms with E-state index in [0.29, 0.717) is 18.4 Å². The summed E-state index contributed by atoms with van der Waals surface area (Å²) in [5.74, 6) is -0.747. The maximum absolute atomic E-state index is 13.5. The zero-order valence-electron chi connectivity index (χ0n) is 8.44. The Morgan fingerprint density at radius 3 is 2.80 bits per heavy atom. The van der Waals surface area contributed by atoms with Gasteiger partial charge in [0.2, 0.25) is 5.82 Å². The molecule has 82 valence electrons. The van der Waals surface area contributed by atoms with Crippen molar-refractivity contribution >= 4 is 5.69 Å². The van der Waals surface area contributed by atoms with Gasteiger partial charge in [-0.05, 0) is 25.3 Å². The molecular weight excluding hydrogens is 199 g/mol. The van der Waals surface area contributed by atoms with Crippen molar-refractivity contribution in [2.75, 3.05) is 0 Å².